The van der Waals surface area contributed by atoms with Gasteiger partial charge >= 0.3 is 0 Å². The van der Waals surface area contributed by atoms with Crippen LogP contribution in [0.15, 0.2) is 28.9 Å². The average molecular weight is 425 g/mol. The van der Waals surface area contributed by atoms with Crippen molar-refractivity contribution in [3.63, 3.8) is 0 Å². The number of anilines is 1. The number of aliphatic hydroxyl groups is 1. The van der Waals surface area contributed by atoms with E-state index in [9.17, 15) is 14.3 Å². The van der Waals surface area contributed by atoms with E-state index in [2.05, 4.69) is 20.1 Å². The van der Waals surface area contributed by atoms with Crippen LogP contribution in [0.25, 0.3) is 0 Å². The Hall–Kier alpha value is -2.00. The lowest BCUT2D eigenvalue weighted by Crippen LogP contribution is -2.48. The zero-order chi connectivity index (χ0) is 21.0. The van der Waals surface area contributed by atoms with E-state index >= 15 is 0 Å². The molecule has 1 aromatic carbocycles. The second-order valence-electron chi connectivity index (χ2n) is 7.60. The third-order valence-electron chi connectivity index (χ3n) is 5.00. The molecule has 0 spiro atoms. The summed E-state index contributed by atoms with van der Waals surface area (Å²) in [6.07, 6.45) is 0.996. The van der Waals surface area contributed by atoms with Gasteiger partial charge in [-0.1, -0.05) is 25.4 Å². The van der Waals surface area contributed by atoms with Gasteiger partial charge in [0.15, 0.2) is 5.69 Å². The summed E-state index contributed by atoms with van der Waals surface area (Å²) in [6, 6.07) is 3.95. The number of rotatable bonds is 7. The number of oxazole rings is 1. The Balaban J connectivity index is 1.49. The van der Waals surface area contributed by atoms with Crippen LogP contribution in [-0.2, 0) is 6.54 Å². The summed E-state index contributed by atoms with van der Waals surface area (Å²) in [7, 11) is 0. The van der Waals surface area contributed by atoms with Gasteiger partial charge < -0.3 is 14.8 Å². The molecule has 7 nitrogen and oxygen atoms in total. The highest BCUT2D eigenvalue weighted by molar-refractivity contribution is 6.31. The highest BCUT2D eigenvalue weighted by Gasteiger charge is 2.22. The van der Waals surface area contributed by atoms with Crippen molar-refractivity contribution in [1.82, 2.24) is 14.8 Å². The summed E-state index contributed by atoms with van der Waals surface area (Å²) in [5.41, 5.74) is 0.532. The van der Waals surface area contributed by atoms with Crippen LogP contribution < -0.4 is 5.32 Å². The molecule has 2 aromatic rings. The van der Waals surface area contributed by atoms with Crippen molar-refractivity contribution >= 4 is 23.2 Å². The third kappa shape index (κ3) is 5.99. The van der Waals surface area contributed by atoms with Gasteiger partial charge in [0.05, 0.1) is 17.7 Å². The van der Waals surface area contributed by atoms with Crippen LogP contribution in [0.3, 0.4) is 0 Å². The molecule has 0 saturated carbocycles. The molecule has 1 aliphatic rings. The Morgan fingerprint density at radius 3 is 2.66 bits per heavy atom. The maximum Gasteiger partial charge on any atom is 0.277 e. The van der Waals surface area contributed by atoms with E-state index in [1.54, 1.807) is 0 Å². The second-order valence-corrected chi connectivity index (χ2v) is 8.00. The zero-order valence-electron chi connectivity index (χ0n) is 16.6. The number of hydrogen-bond donors (Lipinski definition) is 2. The summed E-state index contributed by atoms with van der Waals surface area (Å²) in [5, 5.41) is 12.6. The van der Waals surface area contributed by atoms with Gasteiger partial charge in [0.2, 0.25) is 5.89 Å². The minimum Gasteiger partial charge on any atom is -0.447 e. The summed E-state index contributed by atoms with van der Waals surface area (Å²) in [4.78, 5) is 21.0. The lowest BCUT2D eigenvalue weighted by Gasteiger charge is -2.35. The Morgan fingerprint density at radius 1 is 1.31 bits per heavy atom. The van der Waals surface area contributed by atoms with Crippen LogP contribution in [-0.4, -0.2) is 64.6 Å². The van der Waals surface area contributed by atoms with Crippen molar-refractivity contribution in [3.8, 4) is 0 Å². The van der Waals surface area contributed by atoms with E-state index in [4.69, 9.17) is 16.0 Å². The first-order chi connectivity index (χ1) is 13.8. The van der Waals surface area contributed by atoms with Gasteiger partial charge in [-0.3, -0.25) is 14.6 Å². The van der Waals surface area contributed by atoms with Crippen LogP contribution in [0.1, 0.15) is 30.2 Å². The van der Waals surface area contributed by atoms with Crippen molar-refractivity contribution in [2.75, 3.05) is 38.0 Å². The van der Waals surface area contributed by atoms with E-state index in [-0.39, 0.29) is 22.7 Å². The van der Waals surface area contributed by atoms with Crippen LogP contribution in [0, 0.1) is 11.7 Å². The highest BCUT2D eigenvalue weighted by atomic mass is 35.5. The molecule has 158 valence electrons. The topological polar surface area (TPSA) is 81.8 Å². The van der Waals surface area contributed by atoms with Crippen LogP contribution >= 0.6 is 11.6 Å². The summed E-state index contributed by atoms with van der Waals surface area (Å²) >= 11 is 5.73. The molecular weight excluding hydrogens is 399 g/mol. The van der Waals surface area contributed by atoms with Crippen molar-refractivity contribution in [1.29, 1.82) is 0 Å². The number of piperazine rings is 1. The molecule has 0 radical (unpaired) electrons. The number of aromatic nitrogens is 1. The number of halogens is 2. The number of β-amino-alcohol motifs (C(OH)–C–C–N with tert-alkyl or cyclic N) is 1. The molecule has 1 aromatic heterocycles. The maximum absolute atomic E-state index is 13.2. The van der Waals surface area contributed by atoms with Gasteiger partial charge in [-0.15, -0.1) is 0 Å². The highest BCUT2D eigenvalue weighted by Crippen LogP contribution is 2.20. The standard InChI is InChI=1S/C20H26ClFN4O3/c1-13(2)18(27)10-25-5-7-26(8-6-25)11-19-24-17(12-29-19)20(28)23-14-3-4-16(22)15(21)9-14/h3-4,9,12-13,18,27H,5-8,10-11H2,1-2H3,(H,23,28)/t18-/m1/s1. The molecule has 2 N–H and O–H groups in total. The fraction of sp³-hybridized carbons (Fsp3) is 0.500. The zero-order valence-corrected chi connectivity index (χ0v) is 17.3. The van der Waals surface area contributed by atoms with E-state index in [1.807, 2.05) is 13.8 Å². The minimum atomic E-state index is -0.549. The van der Waals surface area contributed by atoms with E-state index in [1.165, 1.54) is 24.5 Å². The number of carbonyl (C=O) groups excluding carboxylic acids is 1. The van der Waals surface area contributed by atoms with Crippen LogP contribution in [0.5, 0.6) is 0 Å². The lowest BCUT2D eigenvalue weighted by molar-refractivity contribution is 0.0463. The van der Waals surface area contributed by atoms with E-state index < -0.39 is 11.7 Å². The largest absolute Gasteiger partial charge is 0.447 e. The number of carbonyl (C=O) groups is 1. The molecule has 1 amide bonds. The Labute approximate surface area is 174 Å². The molecule has 3 rings (SSSR count). The Morgan fingerprint density at radius 2 is 2.00 bits per heavy atom. The molecular formula is C20H26ClFN4O3. The van der Waals surface area contributed by atoms with Gasteiger partial charge in [-0.2, -0.15) is 0 Å². The minimum absolute atomic E-state index is 0.0660. The first-order valence-electron chi connectivity index (χ1n) is 9.65. The predicted octanol–water partition coefficient (Wildman–Crippen LogP) is 2.85. The molecule has 1 saturated heterocycles. The molecule has 0 unspecified atom stereocenters. The molecule has 1 atom stereocenters. The number of nitrogens with zero attached hydrogens (tertiary/aromatic N) is 3. The smallest absolute Gasteiger partial charge is 0.277 e. The quantitative estimate of drug-likeness (QED) is 0.711. The SMILES string of the molecule is CC(C)[C@H](O)CN1CCN(Cc2nc(C(=O)Nc3ccc(F)c(Cl)c3)co2)CC1. The van der Waals surface area contributed by atoms with E-state index in [0.29, 0.717) is 24.7 Å². The molecule has 0 aliphatic carbocycles. The number of hydrogen-bond acceptors (Lipinski definition) is 6. The number of benzene rings is 1. The third-order valence-corrected chi connectivity index (χ3v) is 5.29. The van der Waals surface area contributed by atoms with Gasteiger partial charge in [0, 0.05) is 38.4 Å². The number of amides is 1. The van der Waals surface area contributed by atoms with Crippen LogP contribution in [0.4, 0.5) is 10.1 Å². The fourth-order valence-electron chi connectivity index (χ4n) is 3.05. The van der Waals surface area contributed by atoms with Gasteiger partial charge in [0.25, 0.3) is 5.91 Å². The fourth-order valence-corrected chi connectivity index (χ4v) is 3.23. The second kappa shape index (κ2) is 9.67. The first-order valence-corrected chi connectivity index (χ1v) is 10.0. The summed E-state index contributed by atoms with van der Waals surface area (Å²) in [5.74, 6) is -0.291. The van der Waals surface area contributed by atoms with E-state index in [0.717, 1.165) is 26.2 Å². The van der Waals surface area contributed by atoms with Gasteiger partial charge in [0.1, 0.15) is 12.1 Å². The normalized spacial score (nSPS) is 16.9. The molecule has 0 bridgehead atoms. The first kappa shape index (κ1) is 21.7. The van der Waals surface area contributed by atoms with Gasteiger partial charge in [-0.05, 0) is 24.1 Å². The molecule has 29 heavy (non-hydrogen) atoms. The molecule has 1 fully saturated rings. The van der Waals surface area contributed by atoms with Gasteiger partial charge in [-0.25, -0.2) is 9.37 Å². The number of aliphatic hydroxyl groups excluding tert-OH is 1. The van der Waals surface area contributed by atoms with Crippen molar-refractivity contribution in [3.05, 3.63) is 46.9 Å². The number of nitrogens with one attached hydrogen (secondary N) is 1. The molecule has 9 heteroatoms. The Bertz CT molecular complexity index is 837. The molecule has 2 heterocycles. The average Bonchev–Trinajstić information content (AvgIpc) is 3.15. The van der Waals surface area contributed by atoms with Crippen molar-refractivity contribution in [2.45, 2.75) is 26.5 Å². The summed E-state index contributed by atoms with van der Waals surface area (Å²) in [6.45, 7) is 8.63. The maximum atomic E-state index is 13.2. The van der Waals surface area contributed by atoms with Crippen LogP contribution in [0.2, 0.25) is 5.02 Å². The summed E-state index contributed by atoms with van der Waals surface area (Å²) < 4.78 is 18.7. The lowest BCUT2D eigenvalue weighted by atomic mass is 10.1. The monoisotopic (exact) mass is 424 g/mol. The Kier molecular flexibility index (Phi) is 7.23. The molecule has 1 aliphatic heterocycles. The van der Waals surface area contributed by atoms with Crippen molar-refractivity contribution < 1.29 is 18.7 Å². The predicted molar refractivity (Wildman–Crippen MR) is 108 cm³/mol. The van der Waals surface area contributed by atoms with Crippen molar-refractivity contribution in [2.24, 2.45) is 5.92 Å².